The Kier molecular flexibility index (Phi) is 5.85. The highest BCUT2D eigenvalue weighted by atomic mass is 79.9. The van der Waals surface area contributed by atoms with Gasteiger partial charge >= 0.3 is 0 Å². The Morgan fingerprint density at radius 1 is 1.28 bits per heavy atom. The number of piperidine rings is 1. The first kappa shape index (κ1) is 18.8. The maximum atomic E-state index is 12.9. The number of hydrogen-bond donors (Lipinski definition) is 1. The molecule has 1 aromatic carbocycles. The SMILES string of the molecule is O=C(Nc1cccc(Br)c1)[C@@H]1CCCCN1S(=O)(=O)c1ccc(Cl)s1. The fraction of sp³-hybridized carbons (Fsp3) is 0.312. The van der Waals surface area contributed by atoms with Gasteiger partial charge in [-0.1, -0.05) is 40.0 Å². The fourth-order valence-corrected chi connectivity index (χ4v) is 6.47. The van der Waals surface area contributed by atoms with Gasteiger partial charge in [0.15, 0.2) is 0 Å². The second-order valence-corrected chi connectivity index (χ2v) is 10.4. The van der Waals surface area contributed by atoms with Crippen LogP contribution in [0.25, 0.3) is 0 Å². The standard InChI is InChI=1S/C16H16BrClN2O3S2/c17-11-4-3-5-12(10-11)19-16(21)13-6-1-2-9-20(13)25(22,23)15-8-7-14(18)24-15/h3-5,7-8,10,13H,1-2,6,9H2,(H,19,21)/t13-/m0/s1. The lowest BCUT2D eigenvalue weighted by molar-refractivity contribution is -0.120. The Morgan fingerprint density at radius 3 is 2.76 bits per heavy atom. The van der Waals surface area contributed by atoms with E-state index >= 15 is 0 Å². The summed E-state index contributed by atoms with van der Waals surface area (Å²) in [7, 11) is -3.74. The number of benzene rings is 1. The molecule has 2 heterocycles. The van der Waals surface area contributed by atoms with Crippen molar-refractivity contribution in [1.29, 1.82) is 0 Å². The first-order valence-electron chi connectivity index (χ1n) is 7.71. The highest BCUT2D eigenvalue weighted by molar-refractivity contribution is 9.10. The van der Waals surface area contributed by atoms with Gasteiger partial charge in [0.05, 0.1) is 4.34 Å². The molecular weight excluding hydrogens is 448 g/mol. The lowest BCUT2D eigenvalue weighted by atomic mass is 10.0. The van der Waals surface area contributed by atoms with E-state index in [1.807, 2.05) is 12.1 Å². The number of hydrogen-bond acceptors (Lipinski definition) is 4. The first-order chi connectivity index (χ1) is 11.9. The molecule has 1 aliphatic rings. The molecule has 0 aliphatic carbocycles. The third kappa shape index (κ3) is 4.25. The predicted molar refractivity (Wildman–Crippen MR) is 104 cm³/mol. The summed E-state index contributed by atoms with van der Waals surface area (Å²) >= 11 is 10.2. The molecule has 134 valence electrons. The second kappa shape index (κ2) is 7.75. The molecule has 9 heteroatoms. The van der Waals surface area contributed by atoms with Gasteiger partial charge in [0.2, 0.25) is 5.91 Å². The number of carbonyl (C=O) groups excluding carboxylic acids is 1. The summed E-state index contributed by atoms with van der Waals surface area (Å²) in [6.07, 6.45) is 2.05. The number of thiophene rings is 1. The summed E-state index contributed by atoms with van der Waals surface area (Å²) in [5.74, 6) is -0.316. The van der Waals surface area contributed by atoms with Crippen molar-refractivity contribution in [3.63, 3.8) is 0 Å². The maximum Gasteiger partial charge on any atom is 0.253 e. The minimum absolute atomic E-state index is 0.166. The van der Waals surface area contributed by atoms with Crippen LogP contribution in [0, 0.1) is 0 Å². The zero-order chi connectivity index (χ0) is 18.0. The van der Waals surface area contributed by atoms with Crippen molar-refractivity contribution in [2.75, 3.05) is 11.9 Å². The average molecular weight is 464 g/mol. The van der Waals surface area contributed by atoms with Crippen molar-refractivity contribution in [2.24, 2.45) is 0 Å². The minimum Gasteiger partial charge on any atom is -0.325 e. The monoisotopic (exact) mass is 462 g/mol. The van der Waals surface area contributed by atoms with E-state index in [0.29, 0.717) is 23.0 Å². The van der Waals surface area contributed by atoms with E-state index in [0.717, 1.165) is 28.7 Å². The average Bonchev–Trinajstić information content (AvgIpc) is 3.02. The highest BCUT2D eigenvalue weighted by Crippen LogP contribution is 2.32. The van der Waals surface area contributed by atoms with Gasteiger partial charge < -0.3 is 5.32 Å². The number of amides is 1. The van der Waals surface area contributed by atoms with Crippen LogP contribution in [0.4, 0.5) is 5.69 Å². The van der Waals surface area contributed by atoms with Crippen molar-refractivity contribution >= 4 is 60.5 Å². The Hall–Kier alpha value is -0.930. The Morgan fingerprint density at radius 2 is 2.08 bits per heavy atom. The molecule has 25 heavy (non-hydrogen) atoms. The zero-order valence-electron chi connectivity index (χ0n) is 13.1. The number of halogens is 2. The van der Waals surface area contributed by atoms with Gasteiger partial charge in [0.1, 0.15) is 10.3 Å². The quantitative estimate of drug-likeness (QED) is 0.733. The molecular formula is C16H16BrClN2O3S2. The van der Waals surface area contributed by atoms with Gasteiger partial charge in [-0.15, -0.1) is 11.3 Å². The molecule has 3 rings (SSSR count). The van der Waals surface area contributed by atoms with Crippen molar-refractivity contribution < 1.29 is 13.2 Å². The van der Waals surface area contributed by atoms with Gasteiger partial charge in [-0.2, -0.15) is 4.31 Å². The van der Waals surface area contributed by atoms with Gasteiger partial charge in [0, 0.05) is 16.7 Å². The van der Waals surface area contributed by atoms with Crippen LogP contribution < -0.4 is 5.32 Å². The number of anilines is 1. The lowest BCUT2D eigenvalue weighted by Gasteiger charge is -2.33. The predicted octanol–water partition coefficient (Wildman–Crippen LogP) is 4.35. The molecule has 1 atom stereocenters. The van der Waals surface area contributed by atoms with Gasteiger partial charge in [-0.3, -0.25) is 4.79 Å². The van der Waals surface area contributed by atoms with Crippen molar-refractivity contribution in [3.05, 3.63) is 45.2 Å². The molecule has 0 radical (unpaired) electrons. The number of rotatable bonds is 4. The normalized spacial score (nSPS) is 18.9. The molecule has 1 saturated heterocycles. The first-order valence-corrected chi connectivity index (χ1v) is 11.1. The van der Waals surface area contributed by atoms with Gasteiger partial charge in [-0.05, 0) is 43.2 Å². The Labute approximate surface area is 164 Å². The summed E-state index contributed by atoms with van der Waals surface area (Å²) in [4.78, 5) is 12.7. The van der Waals surface area contributed by atoms with Crippen LogP contribution in [-0.2, 0) is 14.8 Å². The molecule has 1 aliphatic heterocycles. The van der Waals surface area contributed by atoms with Crippen LogP contribution in [0.5, 0.6) is 0 Å². The molecule has 1 aromatic heterocycles. The number of nitrogens with one attached hydrogen (secondary N) is 1. The molecule has 1 N–H and O–H groups in total. The summed E-state index contributed by atoms with van der Waals surface area (Å²) in [5, 5.41) is 2.81. The van der Waals surface area contributed by atoms with Gasteiger partial charge in [0.25, 0.3) is 10.0 Å². The van der Waals surface area contributed by atoms with E-state index in [9.17, 15) is 13.2 Å². The van der Waals surface area contributed by atoms with E-state index in [1.165, 1.54) is 10.4 Å². The molecule has 2 aromatic rings. The maximum absolute atomic E-state index is 12.9. The van der Waals surface area contributed by atoms with E-state index in [-0.39, 0.29) is 10.1 Å². The van der Waals surface area contributed by atoms with Crippen molar-refractivity contribution in [1.82, 2.24) is 4.31 Å². The van der Waals surface area contributed by atoms with Crippen molar-refractivity contribution in [3.8, 4) is 0 Å². The van der Waals surface area contributed by atoms with Crippen LogP contribution in [0.1, 0.15) is 19.3 Å². The molecule has 0 spiro atoms. The van der Waals surface area contributed by atoms with E-state index < -0.39 is 16.1 Å². The molecule has 1 amide bonds. The molecule has 1 fully saturated rings. The molecule has 5 nitrogen and oxygen atoms in total. The van der Waals surface area contributed by atoms with Crippen LogP contribution in [-0.4, -0.2) is 31.2 Å². The van der Waals surface area contributed by atoms with Crippen LogP contribution in [0.2, 0.25) is 4.34 Å². The van der Waals surface area contributed by atoms with E-state index in [1.54, 1.807) is 18.2 Å². The molecule has 0 bridgehead atoms. The summed E-state index contributed by atoms with van der Waals surface area (Å²) < 4.78 is 28.5. The third-order valence-corrected chi connectivity index (χ3v) is 8.06. The number of nitrogens with zero attached hydrogens (tertiary/aromatic N) is 1. The smallest absolute Gasteiger partial charge is 0.253 e. The topological polar surface area (TPSA) is 66.5 Å². The van der Waals surface area contributed by atoms with E-state index in [4.69, 9.17) is 11.6 Å². The Bertz CT molecular complexity index is 885. The van der Waals surface area contributed by atoms with Gasteiger partial charge in [-0.25, -0.2) is 8.42 Å². The second-order valence-electron chi connectivity index (χ2n) is 5.69. The summed E-state index contributed by atoms with van der Waals surface area (Å²) in [6.45, 7) is 0.328. The number of sulfonamides is 1. The highest BCUT2D eigenvalue weighted by Gasteiger charge is 2.38. The summed E-state index contributed by atoms with van der Waals surface area (Å²) in [5.41, 5.74) is 0.626. The Balaban J connectivity index is 1.84. The summed E-state index contributed by atoms with van der Waals surface area (Å²) in [6, 6.07) is 9.52. The van der Waals surface area contributed by atoms with Crippen molar-refractivity contribution in [2.45, 2.75) is 29.5 Å². The fourth-order valence-electron chi connectivity index (χ4n) is 2.80. The third-order valence-electron chi connectivity index (χ3n) is 3.96. The van der Waals surface area contributed by atoms with Crippen LogP contribution >= 0.6 is 38.9 Å². The minimum atomic E-state index is -3.74. The van der Waals surface area contributed by atoms with Crippen LogP contribution in [0.15, 0.2) is 45.1 Å². The zero-order valence-corrected chi connectivity index (χ0v) is 17.1. The largest absolute Gasteiger partial charge is 0.325 e. The molecule has 0 saturated carbocycles. The number of carbonyl (C=O) groups is 1. The van der Waals surface area contributed by atoms with Crippen LogP contribution in [0.3, 0.4) is 0 Å². The van der Waals surface area contributed by atoms with E-state index in [2.05, 4.69) is 21.2 Å². The lowest BCUT2D eigenvalue weighted by Crippen LogP contribution is -2.49. The molecule has 0 unspecified atom stereocenters.